The fraction of sp³-hybridized carbons (Fsp3) is 0.286. The summed E-state index contributed by atoms with van der Waals surface area (Å²) < 4.78 is 5.13. The van der Waals surface area contributed by atoms with Gasteiger partial charge in [-0.1, -0.05) is 12.1 Å². The monoisotopic (exact) mass is 276 g/mol. The van der Waals surface area contributed by atoms with Crippen molar-refractivity contribution in [3.8, 4) is 5.75 Å². The highest BCUT2D eigenvalue weighted by Crippen LogP contribution is 2.13. The van der Waals surface area contributed by atoms with Crippen LogP contribution < -0.4 is 10.1 Å². The highest BCUT2D eigenvalue weighted by molar-refractivity contribution is 7.09. The van der Waals surface area contributed by atoms with E-state index in [4.69, 9.17) is 4.74 Å². The predicted molar refractivity (Wildman–Crippen MR) is 75.4 cm³/mol. The molecule has 1 aromatic heterocycles. The van der Waals surface area contributed by atoms with Crippen molar-refractivity contribution in [3.05, 3.63) is 45.9 Å². The number of rotatable bonds is 5. The molecule has 1 amide bonds. The fourth-order valence-electron chi connectivity index (χ4n) is 1.71. The molecule has 0 aliphatic carbocycles. The Hall–Kier alpha value is -1.88. The number of carbonyl (C=O) groups excluding carboxylic acids is 1. The zero-order valence-corrected chi connectivity index (χ0v) is 11.8. The van der Waals surface area contributed by atoms with E-state index in [0.29, 0.717) is 13.0 Å². The molecule has 2 rings (SSSR count). The smallest absolute Gasteiger partial charge is 0.224 e. The number of methoxy groups -OCH3 is 1. The van der Waals surface area contributed by atoms with Gasteiger partial charge in [-0.3, -0.25) is 4.79 Å². The SMILES string of the molecule is COc1cccc(CC(=O)NCc2csc(C)n2)c1. The van der Waals surface area contributed by atoms with Crippen LogP contribution in [0.5, 0.6) is 5.75 Å². The summed E-state index contributed by atoms with van der Waals surface area (Å²) in [4.78, 5) is 16.1. The van der Waals surface area contributed by atoms with Crippen LogP contribution in [0, 0.1) is 6.92 Å². The van der Waals surface area contributed by atoms with Crippen molar-refractivity contribution in [1.82, 2.24) is 10.3 Å². The molecule has 1 heterocycles. The molecule has 0 atom stereocenters. The minimum atomic E-state index is -0.0149. The van der Waals surface area contributed by atoms with Crippen LogP contribution in [0.2, 0.25) is 0 Å². The number of hydrogen-bond acceptors (Lipinski definition) is 4. The lowest BCUT2D eigenvalue weighted by molar-refractivity contribution is -0.120. The Kier molecular flexibility index (Phi) is 4.52. The van der Waals surface area contributed by atoms with E-state index >= 15 is 0 Å². The maximum Gasteiger partial charge on any atom is 0.224 e. The van der Waals surface area contributed by atoms with Crippen LogP contribution in [0.4, 0.5) is 0 Å². The molecule has 0 fully saturated rings. The predicted octanol–water partition coefficient (Wildman–Crippen LogP) is 2.32. The molecule has 0 bridgehead atoms. The van der Waals surface area contributed by atoms with Crippen LogP contribution in [-0.4, -0.2) is 18.0 Å². The number of nitrogens with one attached hydrogen (secondary N) is 1. The van der Waals surface area contributed by atoms with Gasteiger partial charge in [0.2, 0.25) is 5.91 Å². The second-order valence-corrected chi connectivity index (χ2v) is 5.23. The maximum absolute atomic E-state index is 11.8. The van der Waals surface area contributed by atoms with E-state index in [1.54, 1.807) is 18.4 Å². The van der Waals surface area contributed by atoms with Gasteiger partial charge in [-0.2, -0.15) is 0 Å². The van der Waals surface area contributed by atoms with Crippen LogP contribution in [0.15, 0.2) is 29.6 Å². The lowest BCUT2D eigenvalue weighted by Gasteiger charge is -2.05. The van der Waals surface area contributed by atoms with Crippen LogP contribution in [-0.2, 0) is 17.8 Å². The quantitative estimate of drug-likeness (QED) is 0.911. The molecule has 4 nitrogen and oxygen atoms in total. The van der Waals surface area contributed by atoms with Gasteiger partial charge in [-0.05, 0) is 24.6 Å². The van der Waals surface area contributed by atoms with Crippen molar-refractivity contribution in [2.75, 3.05) is 7.11 Å². The van der Waals surface area contributed by atoms with Crippen molar-refractivity contribution < 1.29 is 9.53 Å². The molecule has 0 saturated carbocycles. The van der Waals surface area contributed by atoms with Crippen molar-refractivity contribution in [2.45, 2.75) is 19.9 Å². The average Bonchev–Trinajstić information content (AvgIpc) is 2.82. The molecule has 5 heteroatoms. The Morgan fingerprint density at radius 3 is 3.00 bits per heavy atom. The van der Waals surface area contributed by atoms with E-state index in [9.17, 15) is 4.79 Å². The summed E-state index contributed by atoms with van der Waals surface area (Å²) in [6.07, 6.45) is 0.348. The Balaban J connectivity index is 1.86. The van der Waals surface area contributed by atoms with Crippen LogP contribution in [0.25, 0.3) is 0 Å². The number of aryl methyl sites for hydroxylation is 1. The van der Waals surface area contributed by atoms with E-state index in [1.165, 1.54) is 0 Å². The lowest BCUT2D eigenvalue weighted by Crippen LogP contribution is -2.24. The van der Waals surface area contributed by atoms with Crippen LogP contribution in [0.3, 0.4) is 0 Å². The van der Waals surface area contributed by atoms with Gasteiger partial charge in [0.15, 0.2) is 0 Å². The maximum atomic E-state index is 11.8. The number of aromatic nitrogens is 1. The number of benzene rings is 1. The summed E-state index contributed by atoms with van der Waals surface area (Å²) >= 11 is 1.59. The number of ether oxygens (including phenoxy) is 1. The number of nitrogens with zero attached hydrogens (tertiary/aromatic N) is 1. The van der Waals surface area contributed by atoms with Gasteiger partial charge in [0, 0.05) is 5.38 Å². The Labute approximate surface area is 116 Å². The van der Waals surface area contributed by atoms with Crippen molar-refractivity contribution >= 4 is 17.2 Å². The van der Waals surface area contributed by atoms with E-state index in [-0.39, 0.29) is 5.91 Å². The summed E-state index contributed by atoms with van der Waals surface area (Å²) in [5, 5.41) is 5.83. The third-order valence-corrected chi connectivity index (χ3v) is 3.45. The standard InChI is InChI=1S/C14H16N2O2S/c1-10-16-12(9-19-10)8-15-14(17)7-11-4-3-5-13(6-11)18-2/h3-6,9H,7-8H2,1-2H3,(H,15,17). The van der Waals surface area contributed by atoms with Crippen LogP contribution in [0.1, 0.15) is 16.3 Å². The molecule has 1 aromatic carbocycles. The number of hydrogen-bond donors (Lipinski definition) is 1. The third-order valence-electron chi connectivity index (χ3n) is 2.63. The van der Waals surface area contributed by atoms with Gasteiger partial charge < -0.3 is 10.1 Å². The first kappa shape index (κ1) is 13.5. The lowest BCUT2D eigenvalue weighted by atomic mass is 10.1. The highest BCUT2D eigenvalue weighted by Gasteiger charge is 2.05. The van der Waals surface area contributed by atoms with Crippen molar-refractivity contribution in [2.24, 2.45) is 0 Å². The van der Waals surface area contributed by atoms with Gasteiger partial charge in [0.1, 0.15) is 5.75 Å². The second-order valence-electron chi connectivity index (χ2n) is 4.16. The highest BCUT2D eigenvalue weighted by atomic mass is 32.1. The van der Waals surface area contributed by atoms with Crippen LogP contribution >= 0.6 is 11.3 Å². The molecular weight excluding hydrogens is 260 g/mol. The van der Waals surface area contributed by atoms with Gasteiger partial charge in [-0.15, -0.1) is 11.3 Å². The van der Waals surface area contributed by atoms with E-state index in [1.807, 2.05) is 36.6 Å². The van der Waals surface area contributed by atoms with Gasteiger partial charge >= 0.3 is 0 Å². The van der Waals surface area contributed by atoms with Gasteiger partial charge in [-0.25, -0.2) is 4.98 Å². The molecule has 0 saturated heterocycles. The number of thiazole rings is 1. The summed E-state index contributed by atoms with van der Waals surface area (Å²) in [6, 6.07) is 7.52. The molecule has 2 aromatic rings. The van der Waals surface area contributed by atoms with E-state index < -0.39 is 0 Å². The summed E-state index contributed by atoms with van der Waals surface area (Å²) in [6.45, 7) is 2.43. The van der Waals surface area contributed by atoms with E-state index in [0.717, 1.165) is 22.0 Å². The Bertz CT molecular complexity index is 566. The zero-order chi connectivity index (χ0) is 13.7. The molecule has 19 heavy (non-hydrogen) atoms. The number of amides is 1. The molecular formula is C14H16N2O2S. The summed E-state index contributed by atoms with van der Waals surface area (Å²) in [7, 11) is 1.61. The molecule has 0 spiro atoms. The molecule has 1 N–H and O–H groups in total. The molecule has 0 unspecified atom stereocenters. The molecule has 0 aliphatic rings. The normalized spacial score (nSPS) is 10.2. The first-order chi connectivity index (χ1) is 9.17. The summed E-state index contributed by atoms with van der Waals surface area (Å²) in [5.74, 6) is 0.749. The topological polar surface area (TPSA) is 51.2 Å². The first-order valence-corrected chi connectivity index (χ1v) is 6.86. The number of carbonyl (C=O) groups is 1. The van der Waals surface area contributed by atoms with Crippen molar-refractivity contribution in [1.29, 1.82) is 0 Å². The Morgan fingerprint density at radius 1 is 1.47 bits per heavy atom. The van der Waals surface area contributed by atoms with Crippen molar-refractivity contribution in [3.63, 3.8) is 0 Å². The van der Waals surface area contributed by atoms with Gasteiger partial charge in [0.25, 0.3) is 0 Å². The van der Waals surface area contributed by atoms with E-state index in [2.05, 4.69) is 10.3 Å². The average molecular weight is 276 g/mol. The van der Waals surface area contributed by atoms with Gasteiger partial charge in [0.05, 0.1) is 30.8 Å². The third kappa shape index (κ3) is 4.06. The molecule has 0 aliphatic heterocycles. The second kappa shape index (κ2) is 6.33. The molecule has 100 valence electrons. The minimum Gasteiger partial charge on any atom is -0.497 e. The fourth-order valence-corrected chi connectivity index (χ4v) is 2.32. The largest absolute Gasteiger partial charge is 0.497 e. The summed E-state index contributed by atoms with van der Waals surface area (Å²) in [5.41, 5.74) is 1.84. The zero-order valence-electron chi connectivity index (χ0n) is 11.0. The first-order valence-electron chi connectivity index (χ1n) is 5.98. The molecule has 0 radical (unpaired) electrons. The minimum absolute atomic E-state index is 0.0149. The Morgan fingerprint density at radius 2 is 2.32 bits per heavy atom.